The molecule has 0 spiro atoms. The Labute approximate surface area is 112 Å². The molecule has 1 aromatic carbocycles. The largest absolute Gasteiger partial charge is 0.379 e. The standard InChI is InChI=1S/C11H9N7O2/c12-10-9(16-20-17-10)11-14-8(19-18-11)6-13-15-7-4-2-1-3-5-7/h1-6,15H,(H2,12,17). The molecule has 3 rings (SSSR count). The average molecular weight is 271 g/mol. The maximum absolute atomic E-state index is 5.52. The van der Waals surface area contributed by atoms with Crippen molar-refractivity contribution in [3.05, 3.63) is 36.2 Å². The van der Waals surface area contributed by atoms with E-state index in [1.54, 1.807) is 0 Å². The van der Waals surface area contributed by atoms with Gasteiger partial charge in [-0.15, -0.1) is 0 Å². The molecule has 9 heteroatoms. The number of nitrogens with zero attached hydrogens (tertiary/aromatic N) is 5. The molecule has 0 aliphatic heterocycles. The molecule has 2 heterocycles. The van der Waals surface area contributed by atoms with Crippen LogP contribution in [0.4, 0.5) is 11.5 Å². The van der Waals surface area contributed by atoms with Gasteiger partial charge in [-0.05, 0) is 22.4 Å². The number of aromatic nitrogens is 4. The van der Waals surface area contributed by atoms with Crippen LogP contribution in [0.1, 0.15) is 5.89 Å². The summed E-state index contributed by atoms with van der Waals surface area (Å²) < 4.78 is 9.42. The third-order valence-corrected chi connectivity index (χ3v) is 2.31. The number of nitrogens with one attached hydrogen (secondary N) is 1. The molecular formula is C11H9N7O2. The first-order valence-corrected chi connectivity index (χ1v) is 5.59. The lowest BCUT2D eigenvalue weighted by atomic mass is 10.3. The van der Waals surface area contributed by atoms with Gasteiger partial charge in [-0.25, -0.2) is 4.63 Å². The van der Waals surface area contributed by atoms with Crippen molar-refractivity contribution in [3.8, 4) is 11.5 Å². The second-order valence-corrected chi connectivity index (χ2v) is 3.69. The molecule has 3 N–H and O–H groups in total. The maximum atomic E-state index is 5.52. The first-order chi connectivity index (χ1) is 9.83. The number of nitrogens with two attached hydrogens (primary N) is 1. The molecule has 100 valence electrons. The smallest absolute Gasteiger partial charge is 0.271 e. The Kier molecular flexibility index (Phi) is 3.07. The van der Waals surface area contributed by atoms with Crippen molar-refractivity contribution in [3.63, 3.8) is 0 Å². The maximum Gasteiger partial charge on any atom is 0.271 e. The van der Waals surface area contributed by atoms with E-state index in [0.29, 0.717) is 0 Å². The molecular weight excluding hydrogens is 262 g/mol. The van der Waals surface area contributed by atoms with Gasteiger partial charge in [0.1, 0.15) is 6.21 Å². The van der Waals surface area contributed by atoms with Gasteiger partial charge in [0.15, 0.2) is 11.5 Å². The molecule has 0 saturated carbocycles. The monoisotopic (exact) mass is 271 g/mol. The van der Waals surface area contributed by atoms with Crippen LogP contribution in [-0.2, 0) is 0 Å². The van der Waals surface area contributed by atoms with Crippen LogP contribution in [0.25, 0.3) is 11.5 Å². The number of hydrazone groups is 1. The van der Waals surface area contributed by atoms with E-state index in [-0.39, 0.29) is 23.2 Å². The van der Waals surface area contributed by atoms with E-state index < -0.39 is 0 Å². The van der Waals surface area contributed by atoms with E-state index in [2.05, 4.69) is 35.6 Å². The van der Waals surface area contributed by atoms with Gasteiger partial charge in [-0.3, -0.25) is 5.43 Å². The SMILES string of the molecule is Nc1nonc1-c1noc(C=NNc2ccccc2)n1. The minimum Gasteiger partial charge on any atom is -0.379 e. The second kappa shape index (κ2) is 5.18. The highest BCUT2D eigenvalue weighted by molar-refractivity contribution is 5.75. The fourth-order valence-corrected chi connectivity index (χ4v) is 1.41. The van der Waals surface area contributed by atoms with Crippen molar-refractivity contribution >= 4 is 17.7 Å². The summed E-state index contributed by atoms with van der Waals surface area (Å²) in [5.41, 5.74) is 9.41. The summed E-state index contributed by atoms with van der Waals surface area (Å²) in [6, 6.07) is 9.44. The Balaban J connectivity index is 1.70. The van der Waals surface area contributed by atoms with E-state index in [9.17, 15) is 0 Å². The molecule has 2 aromatic heterocycles. The van der Waals surface area contributed by atoms with Gasteiger partial charge < -0.3 is 10.3 Å². The van der Waals surface area contributed by atoms with Crippen molar-refractivity contribution in [1.29, 1.82) is 0 Å². The van der Waals surface area contributed by atoms with Crippen LogP contribution in [0.15, 0.2) is 44.6 Å². The predicted octanol–water partition coefficient (Wildman–Crippen LogP) is 1.15. The highest BCUT2D eigenvalue weighted by Crippen LogP contribution is 2.17. The highest BCUT2D eigenvalue weighted by Gasteiger charge is 2.15. The molecule has 20 heavy (non-hydrogen) atoms. The molecule has 0 atom stereocenters. The van der Waals surface area contributed by atoms with Crippen LogP contribution >= 0.6 is 0 Å². The zero-order valence-electron chi connectivity index (χ0n) is 10.1. The summed E-state index contributed by atoms with van der Waals surface area (Å²) in [4.78, 5) is 4.04. The van der Waals surface area contributed by atoms with Gasteiger partial charge in [-0.2, -0.15) is 10.1 Å². The summed E-state index contributed by atoms with van der Waals surface area (Å²) in [7, 11) is 0. The van der Waals surface area contributed by atoms with E-state index in [1.165, 1.54) is 6.21 Å². The molecule has 0 fully saturated rings. The zero-order chi connectivity index (χ0) is 13.8. The van der Waals surface area contributed by atoms with Gasteiger partial charge in [0.2, 0.25) is 5.82 Å². The van der Waals surface area contributed by atoms with E-state index in [4.69, 9.17) is 10.3 Å². The molecule has 0 aliphatic carbocycles. The normalized spacial score (nSPS) is 11.0. The lowest BCUT2D eigenvalue weighted by molar-refractivity contribution is 0.310. The fraction of sp³-hybridized carbons (Fsp3) is 0. The predicted molar refractivity (Wildman–Crippen MR) is 69.7 cm³/mol. The van der Waals surface area contributed by atoms with Crippen molar-refractivity contribution in [1.82, 2.24) is 20.5 Å². The Hall–Kier alpha value is -3.23. The Morgan fingerprint density at radius 1 is 1.15 bits per heavy atom. The van der Waals surface area contributed by atoms with Crippen LogP contribution in [0.5, 0.6) is 0 Å². The third kappa shape index (κ3) is 2.46. The van der Waals surface area contributed by atoms with Gasteiger partial charge in [0.05, 0.1) is 5.69 Å². The van der Waals surface area contributed by atoms with Gasteiger partial charge in [-0.1, -0.05) is 23.4 Å². The van der Waals surface area contributed by atoms with Crippen LogP contribution in [-0.4, -0.2) is 26.7 Å². The molecule has 0 radical (unpaired) electrons. The Morgan fingerprint density at radius 2 is 2.00 bits per heavy atom. The van der Waals surface area contributed by atoms with Crippen molar-refractivity contribution in [2.45, 2.75) is 0 Å². The number of anilines is 2. The van der Waals surface area contributed by atoms with Crippen molar-refractivity contribution in [2.24, 2.45) is 5.10 Å². The minimum absolute atomic E-state index is 0.0942. The molecule has 0 bridgehead atoms. The number of rotatable bonds is 4. The van der Waals surface area contributed by atoms with E-state index in [0.717, 1.165) is 5.69 Å². The van der Waals surface area contributed by atoms with Crippen LogP contribution in [0, 0.1) is 0 Å². The molecule has 0 saturated heterocycles. The van der Waals surface area contributed by atoms with Gasteiger partial charge >= 0.3 is 0 Å². The molecule has 3 aromatic rings. The summed E-state index contributed by atoms with van der Waals surface area (Å²) in [6.07, 6.45) is 1.38. The number of hydrogen-bond acceptors (Lipinski definition) is 9. The molecule has 0 amide bonds. The van der Waals surface area contributed by atoms with Crippen molar-refractivity contribution < 1.29 is 9.15 Å². The van der Waals surface area contributed by atoms with E-state index >= 15 is 0 Å². The van der Waals surface area contributed by atoms with Gasteiger partial charge in [0, 0.05) is 0 Å². The summed E-state index contributed by atoms with van der Waals surface area (Å²) >= 11 is 0. The number of hydrogen-bond donors (Lipinski definition) is 2. The first-order valence-electron chi connectivity index (χ1n) is 5.59. The average Bonchev–Trinajstić information content (AvgIpc) is 3.09. The third-order valence-electron chi connectivity index (χ3n) is 2.31. The Morgan fingerprint density at radius 3 is 2.75 bits per heavy atom. The van der Waals surface area contributed by atoms with Crippen LogP contribution in [0.3, 0.4) is 0 Å². The number of para-hydroxylation sites is 1. The lowest BCUT2D eigenvalue weighted by Gasteiger charge is -1.96. The van der Waals surface area contributed by atoms with Crippen molar-refractivity contribution in [2.75, 3.05) is 11.2 Å². The summed E-state index contributed by atoms with van der Waals surface area (Å²) in [5.74, 6) is 0.479. The second-order valence-electron chi connectivity index (χ2n) is 3.69. The minimum atomic E-state index is 0.0942. The van der Waals surface area contributed by atoms with Crippen LogP contribution < -0.4 is 11.2 Å². The van der Waals surface area contributed by atoms with E-state index in [1.807, 2.05) is 30.3 Å². The van der Waals surface area contributed by atoms with Gasteiger partial charge in [0.25, 0.3) is 5.89 Å². The topological polar surface area (TPSA) is 128 Å². The number of benzene rings is 1. The first kappa shape index (κ1) is 11.8. The summed E-state index contributed by atoms with van der Waals surface area (Å²) in [6.45, 7) is 0. The molecule has 0 unspecified atom stereocenters. The molecule has 0 aliphatic rings. The lowest BCUT2D eigenvalue weighted by Crippen LogP contribution is -1.91. The number of nitrogen functional groups attached to an aromatic ring is 1. The fourth-order valence-electron chi connectivity index (χ4n) is 1.41. The van der Waals surface area contributed by atoms with Crippen LogP contribution in [0.2, 0.25) is 0 Å². The Bertz CT molecular complexity index is 719. The summed E-state index contributed by atoms with van der Waals surface area (Å²) in [5, 5.41) is 14.7. The molecule has 9 nitrogen and oxygen atoms in total. The highest BCUT2D eigenvalue weighted by atomic mass is 16.6. The zero-order valence-corrected chi connectivity index (χ0v) is 10.1. The quantitative estimate of drug-likeness (QED) is 0.534.